The first-order chi connectivity index (χ1) is 5.44. The molecule has 0 nitrogen and oxygen atoms in total. The van der Waals surface area contributed by atoms with Gasteiger partial charge in [-0.15, -0.1) is 0 Å². The standard InChI is InChI=1S/C13H26/c1-10(2)12(6,7)13(8,9)11(3,4)5/h1H2,2-9H3. The van der Waals surface area contributed by atoms with Crippen molar-refractivity contribution in [2.45, 2.75) is 55.4 Å². The molecule has 0 unspecified atom stereocenters. The minimum absolute atomic E-state index is 0.186. The van der Waals surface area contributed by atoms with E-state index in [9.17, 15) is 0 Å². The second-order valence-electron chi connectivity index (χ2n) is 6.28. The highest BCUT2D eigenvalue weighted by molar-refractivity contribution is 5.12. The van der Waals surface area contributed by atoms with Crippen molar-refractivity contribution >= 4 is 0 Å². The summed E-state index contributed by atoms with van der Waals surface area (Å²) in [5, 5.41) is 0. The first-order valence-electron chi connectivity index (χ1n) is 5.10. The van der Waals surface area contributed by atoms with Crippen molar-refractivity contribution in [1.82, 2.24) is 0 Å². The van der Waals surface area contributed by atoms with E-state index in [4.69, 9.17) is 0 Å². The van der Waals surface area contributed by atoms with E-state index in [1.807, 2.05) is 0 Å². The summed E-state index contributed by atoms with van der Waals surface area (Å²) in [7, 11) is 0. The molecule has 0 atom stereocenters. The molecule has 0 radical (unpaired) electrons. The lowest BCUT2D eigenvalue weighted by Crippen LogP contribution is -2.43. The van der Waals surface area contributed by atoms with E-state index in [1.165, 1.54) is 5.57 Å². The van der Waals surface area contributed by atoms with Crippen LogP contribution in [-0.2, 0) is 0 Å². The summed E-state index contributed by atoms with van der Waals surface area (Å²) in [5.41, 5.74) is 2.01. The average molecular weight is 182 g/mol. The molecule has 0 aromatic heterocycles. The Balaban J connectivity index is 5.16. The maximum absolute atomic E-state index is 4.11. The van der Waals surface area contributed by atoms with Gasteiger partial charge < -0.3 is 0 Å². The first-order valence-corrected chi connectivity index (χ1v) is 5.10. The average Bonchev–Trinajstić information content (AvgIpc) is 1.84. The zero-order chi connectivity index (χ0) is 11.1. The maximum atomic E-state index is 4.11. The lowest BCUT2D eigenvalue weighted by molar-refractivity contribution is 0.0181. The van der Waals surface area contributed by atoms with Gasteiger partial charge in [-0.1, -0.05) is 60.6 Å². The number of rotatable bonds is 2. The van der Waals surface area contributed by atoms with Gasteiger partial charge in [-0.3, -0.25) is 0 Å². The maximum Gasteiger partial charge on any atom is -0.00940 e. The van der Waals surface area contributed by atoms with Crippen molar-refractivity contribution in [2.24, 2.45) is 16.2 Å². The molecule has 0 rings (SSSR count). The van der Waals surface area contributed by atoms with Crippen molar-refractivity contribution in [3.05, 3.63) is 12.2 Å². The molecule has 0 aliphatic carbocycles. The fraction of sp³-hybridized carbons (Fsp3) is 0.846. The van der Waals surface area contributed by atoms with Crippen LogP contribution < -0.4 is 0 Å². The highest BCUT2D eigenvalue weighted by atomic mass is 14.5. The molecule has 13 heavy (non-hydrogen) atoms. The van der Waals surface area contributed by atoms with E-state index in [2.05, 4.69) is 62.0 Å². The Morgan fingerprint density at radius 1 is 0.846 bits per heavy atom. The minimum Gasteiger partial charge on any atom is -0.0996 e. The predicted octanol–water partition coefficient (Wildman–Crippen LogP) is 4.66. The smallest absolute Gasteiger partial charge is 0.00940 e. The first kappa shape index (κ1) is 12.7. The lowest BCUT2D eigenvalue weighted by atomic mass is 9.54. The van der Waals surface area contributed by atoms with Crippen molar-refractivity contribution in [2.75, 3.05) is 0 Å². The molecule has 0 heterocycles. The molecule has 0 spiro atoms. The lowest BCUT2D eigenvalue weighted by Gasteiger charge is -2.51. The summed E-state index contributed by atoms with van der Waals surface area (Å²) in [6.45, 7) is 22.4. The molecule has 0 aliphatic heterocycles. The van der Waals surface area contributed by atoms with Crippen LogP contribution in [0.5, 0.6) is 0 Å². The zero-order valence-corrected chi connectivity index (χ0v) is 10.7. The van der Waals surface area contributed by atoms with Crippen LogP contribution in [0.1, 0.15) is 55.4 Å². The summed E-state index contributed by atoms with van der Waals surface area (Å²) in [4.78, 5) is 0. The molecular formula is C13H26. The summed E-state index contributed by atoms with van der Waals surface area (Å²) in [5.74, 6) is 0. The monoisotopic (exact) mass is 182 g/mol. The molecule has 0 saturated carbocycles. The summed E-state index contributed by atoms with van der Waals surface area (Å²) in [6, 6.07) is 0. The van der Waals surface area contributed by atoms with Crippen molar-refractivity contribution in [1.29, 1.82) is 0 Å². The van der Waals surface area contributed by atoms with Crippen LogP contribution in [-0.4, -0.2) is 0 Å². The van der Waals surface area contributed by atoms with Gasteiger partial charge in [0.1, 0.15) is 0 Å². The summed E-state index contributed by atoms with van der Waals surface area (Å²) < 4.78 is 0. The van der Waals surface area contributed by atoms with Crippen LogP contribution in [0.2, 0.25) is 0 Å². The van der Waals surface area contributed by atoms with Gasteiger partial charge in [0.15, 0.2) is 0 Å². The number of hydrogen-bond donors (Lipinski definition) is 0. The molecule has 0 aliphatic rings. The predicted molar refractivity (Wildman–Crippen MR) is 61.8 cm³/mol. The molecule has 0 aromatic carbocycles. The van der Waals surface area contributed by atoms with Crippen LogP contribution in [0.25, 0.3) is 0 Å². The number of hydrogen-bond acceptors (Lipinski definition) is 0. The Hall–Kier alpha value is -0.260. The van der Waals surface area contributed by atoms with Gasteiger partial charge in [0.25, 0.3) is 0 Å². The topological polar surface area (TPSA) is 0 Å². The van der Waals surface area contributed by atoms with Gasteiger partial charge in [-0.25, -0.2) is 0 Å². The number of allylic oxidation sites excluding steroid dienone is 1. The normalized spacial score (nSPS) is 14.5. The van der Waals surface area contributed by atoms with Crippen molar-refractivity contribution in [3.63, 3.8) is 0 Å². The second kappa shape index (κ2) is 3.15. The van der Waals surface area contributed by atoms with Gasteiger partial charge in [-0.2, -0.15) is 0 Å². The molecule has 78 valence electrons. The zero-order valence-electron chi connectivity index (χ0n) is 10.7. The molecule has 0 heteroatoms. The molecule has 0 fully saturated rings. The largest absolute Gasteiger partial charge is 0.0996 e. The van der Waals surface area contributed by atoms with Crippen LogP contribution in [0.15, 0.2) is 12.2 Å². The van der Waals surface area contributed by atoms with E-state index in [0.29, 0.717) is 5.41 Å². The molecule has 0 bridgehead atoms. The fourth-order valence-electron chi connectivity index (χ4n) is 1.47. The van der Waals surface area contributed by atoms with Crippen molar-refractivity contribution in [3.8, 4) is 0 Å². The van der Waals surface area contributed by atoms with Crippen molar-refractivity contribution < 1.29 is 0 Å². The highest BCUT2D eigenvalue weighted by Crippen LogP contribution is 2.53. The Kier molecular flexibility index (Phi) is 3.09. The van der Waals surface area contributed by atoms with E-state index in [1.54, 1.807) is 0 Å². The highest BCUT2D eigenvalue weighted by Gasteiger charge is 2.45. The minimum atomic E-state index is 0.186. The van der Waals surface area contributed by atoms with E-state index in [0.717, 1.165) is 0 Å². The summed E-state index contributed by atoms with van der Waals surface area (Å²) >= 11 is 0. The molecule has 0 N–H and O–H groups in total. The van der Waals surface area contributed by atoms with Crippen LogP contribution in [0, 0.1) is 16.2 Å². The van der Waals surface area contributed by atoms with Crippen LogP contribution in [0.4, 0.5) is 0 Å². The third-order valence-corrected chi connectivity index (χ3v) is 4.50. The molecule has 0 amide bonds. The summed E-state index contributed by atoms with van der Waals surface area (Å²) in [6.07, 6.45) is 0. The van der Waals surface area contributed by atoms with Gasteiger partial charge >= 0.3 is 0 Å². The SMILES string of the molecule is C=C(C)C(C)(C)C(C)(C)C(C)(C)C. The van der Waals surface area contributed by atoms with Crippen LogP contribution >= 0.6 is 0 Å². The van der Waals surface area contributed by atoms with Gasteiger partial charge in [0.05, 0.1) is 0 Å². The molecular weight excluding hydrogens is 156 g/mol. The third-order valence-electron chi connectivity index (χ3n) is 4.50. The van der Waals surface area contributed by atoms with E-state index >= 15 is 0 Å². The van der Waals surface area contributed by atoms with E-state index in [-0.39, 0.29) is 10.8 Å². The van der Waals surface area contributed by atoms with Gasteiger partial charge in [0.2, 0.25) is 0 Å². The Labute approximate surface area is 84.4 Å². The third kappa shape index (κ3) is 1.98. The van der Waals surface area contributed by atoms with Crippen LogP contribution in [0.3, 0.4) is 0 Å². The Morgan fingerprint density at radius 3 is 1.23 bits per heavy atom. The van der Waals surface area contributed by atoms with E-state index < -0.39 is 0 Å². The molecule has 0 aromatic rings. The Morgan fingerprint density at radius 2 is 1.15 bits per heavy atom. The second-order valence-corrected chi connectivity index (χ2v) is 6.28. The van der Waals surface area contributed by atoms with Gasteiger partial charge in [-0.05, 0) is 23.2 Å². The fourth-order valence-corrected chi connectivity index (χ4v) is 1.47. The molecule has 0 saturated heterocycles. The quantitative estimate of drug-likeness (QED) is 0.545. The Bertz CT molecular complexity index is 199. The van der Waals surface area contributed by atoms with Gasteiger partial charge in [0, 0.05) is 0 Å².